The van der Waals surface area contributed by atoms with Gasteiger partial charge in [0.2, 0.25) is 0 Å². The number of anilines is 2. The molecule has 1 heterocycles. The van der Waals surface area contributed by atoms with E-state index in [-0.39, 0.29) is 0 Å². The molecule has 0 aromatic heterocycles. The molecule has 8 aromatic rings. The third-order valence-electron chi connectivity index (χ3n) is 11.0. The monoisotopic (exact) mass is 747 g/mol. The summed E-state index contributed by atoms with van der Waals surface area (Å²) in [6.07, 6.45) is 5.81. The summed E-state index contributed by atoms with van der Waals surface area (Å²) < 4.78 is 0. The fraction of sp³-hybridized carbons (Fsp3) is 0.0877. The Morgan fingerprint density at radius 3 is 1.19 bits per heavy atom. The van der Waals surface area contributed by atoms with E-state index in [1.54, 1.807) is 0 Å². The van der Waals surface area contributed by atoms with E-state index in [2.05, 4.69) is 238 Å². The van der Waals surface area contributed by atoms with Crippen LogP contribution in [0, 0.1) is 20.8 Å². The minimum absolute atomic E-state index is 0.379. The maximum Gasteiger partial charge on any atom is 0.0633 e. The minimum Gasteiger partial charge on any atom is -0.333 e. The van der Waals surface area contributed by atoms with Gasteiger partial charge in [-0.1, -0.05) is 217 Å². The summed E-state index contributed by atoms with van der Waals surface area (Å²) in [5.74, 6) is 0. The number of allylic oxidation sites excluding steroid dienone is 2. The number of para-hydroxylation sites is 2. The zero-order valence-corrected chi connectivity index (χ0v) is 33.6. The molecular weight excluding hydrogens is 699 g/mol. The molecule has 282 valence electrons. The van der Waals surface area contributed by atoms with Gasteiger partial charge in [-0.2, -0.15) is 0 Å². The molecule has 1 aliphatic heterocycles. The molecule has 0 saturated carbocycles. The normalized spacial score (nSPS) is 13.7. The summed E-state index contributed by atoms with van der Waals surface area (Å²) in [5, 5.41) is 0. The molecular formula is C57H49N. The molecule has 0 spiro atoms. The van der Waals surface area contributed by atoms with Gasteiger partial charge in [0.15, 0.2) is 0 Å². The van der Waals surface area contributed by atoms with Crippen molar-refractivity contribution < 1.29 is 0 Å². The predicted molar refractivity (Wildman–Crippen MR) is 249 cm³/mol. The molecule has 10 rings (SSSR count). The summed E-state index contributed by atoms with van der Waals surface area (Å²) in [6, 6.07) is 75.7. The molecule has 0 radical (unpaired) electrons. The van der Waals surface area contributed by atoms with Crippen LogP contribution in [0.5, 0.6) is 0 Å². The lowest BCUT2D eigenvalue weighted by molar-refractivity contribution is 0.831. The van der Waals surface area contributed by atoms with Crippen LogP contribution in [0.1, 0.15) is 34.2 Å². The van der Waals surface area contributed by atoms with Gasteiger partial charge in [-0.15, -0.1) is 0 Å². The van der Waals surface area contributed by atoms with Gasteiger partial charge < -0.3 is 4.90 Å². The van der Waals surface area contributed by atoms with Crippen molar-refractivity contribution >= 4 is 22.5 Å². The highest BCUT2D eigenvalue weighted by Crippen LogP contribution is 2.48. The van der Waals surface area contributed by atoms with Gasteiger partial charge >= 0.3 is 0 Å². The Labute approximate surface area is 344 Å². The lowest BCUT2D eigenvalue weighted by Gasteiger charge is -2.29. The van der Waals surface area contributed by atoms with Crippen molar-refractivity contribution in [3.8, 4) is 33.4 Å². The topological polar surface area (TPSA) is 3.24 Å². The highest BCUT2D eigenvalue weighted by Gasteiger charge is 2.35. The first-order valence-corrected chi connectivity index (χ1v) is 20.3. The molecule has 1 atom stereocenters. The molecule has 0 bridgehead atoms. The summed E-state index contributed by atoms with van der Waals surface area (Å²) in [6.45, 7) is 6.36. The lowest BCUT2D eigenvalue weighted by atomic mass is 9.89. The number of nitrogens with zero attached hydrogens (tertiary/aromatic N) is 1. The predicted octanol–water partition coefficient (Wildman–Crippen LogP) is 15.4. The fourth-order valence-corrected chi connectivity index (χ4v) is 7.75. The number of benzene rings is 8. The first-order chi connectivity index (χ1) is 28.5. The molecule has 1 aliphatic carbocycles. The zero-order chi connectivity index (χ0) is 39.7. The van der Waals surface area contributed by atoms with E-state index in [1.807, 2.05) is 12.1 Å². The SMILES string of the molecule is Cc1ccc(-c2ccc(-c3ccccc3)cc2)cc1.Cc1ccc(-c2ccccc2)cc1.Cc1ccc(C2=CCC3C(=C2)c2ccccc2N3c2ccccc2)cc1. The Morgan fingerprint density at radius 1 is 0.362 bits per heavy atom. The van der Waals surface area contributed by atoms with Crippen LogP contribution in [-0.2, 0) is 0 Å². The second kappa shape index (κ2) is 17.9. The Balaban J connectivity index is 0.000000129. The van der Waals surface area contributed by atoms with Crippen LogP contribution in [-0.4, -0.2) is 6.04 Å². The van der Waals surface area contributed by atoms with Crippen molar-refractivity contribution in [3.63, 3.8) is 0 Å². The van der Waals surface area contributed by atoms with Crippen molar-refractivity contribution in [2.75, 3.05) is 4.90 Å². The summed E-state index contributed by atoms with van der Waals surface area (Å²) >= 11 is 0. The van der Waals surface area contributed by atoms with E-state index in [0.29, 0.717) is 6.04 Å². The quantitative estimate of drug-likeness (QED) is 0.169. The van der Waals surface area contributed by atoms with Crippen molar-refractivity contribution in [1.29, 1.82) is 0 Å². The first kappa shape index (κ1) is 37.9. The third kappa shape index (κ3) is 8.86. The van der Waals surface area contributed by atoms with E-state index >= 15 is 0 Å². The van der Waals surface area contributed by atoms with Crippen molar-refractivity contribution in [2.45, 2.75) is 33.2 Å². The molecule has 0 amide bonds. The van der Waals surface area contributed by atoms with Gasteiger partial charge in [0.05, 0.1) is 6.04 Å². The highest BCUT2D eigenvalue weighted by molar-refractivity contribution is 5.98. The third-order valence-corrected chi connectivity index (χ3v) is 11.0. The fourth-order valence-electron chi connectivity index (χ4n) is 7.75. The Kier molecular flexibility index (Phi) is 11.7. The van der Waals surface area contributed by atoms with Crippen LogP contribution in [0.15, 0.2) is 224 Å². The smallest absolute Gasteiger partial charge is 0.0633 e. The van der Waals surface area contributed by atoms with Gasteiger partial charge in [0, 0.05) is 16.9 Å². The average molecular weight is 748 g/mol. The van der Waals surface area contributed by atoms with Gasteiger partial charge in [0.25, 0.3) is 0 Å². The summed E-state index contributed by atoms with van der Waals surface area (Å²) in [5.41, 5.74) is 19.5. The molecule has 2 aliphatic rings. The maximum atomic E-state index is 2.49. The Bertz CT molecular complexity index is 2600. The first-order valence-electron chi connectivity index (χ1n) is 20.3. The van der Waals surface area contributed by atoms with Crippen LogP contribution in [0.25, 0.3) is 44.5 Å². The Morgan fingerprint density at radius 2 is 0.724 bits per heavy atom. The lowest BCUT2D eigenvalue weighted by Crippen LogP contribution is -2.27. The molecule has 1 nitrogen and oxygen atoms in total. The van der Waals surface area contributed by atoms with Gasteiger partial charge in [-0.25, -0.2) is 0 Å². The Hall–Kier alpha value is -6.96. The molecule has 8 aromatic carbocycles. The molecule has 1 unspecified atom stereocenters. The number of fused-ring (bicyclic) bond motifs is 3. The standard InChI is InChI=1S/C25H21N.C19H16.C13H12/c1-18-11-13-19(14-12-18)20-15-16-25-23(17-20)22-9-5-6-10-24(22)26(25)21-7-3-2-4-8-21;1-15-7-9-17(10-8-15)19-13-11-18(12-14-19)16-5-3-2-4-6-16;1-11-7-9-13(10-8-11)12-5-3-2-4-6-12/h2-15,17,25H,16H2,1H3;2-14H,1H3;2-10H,1H3. The zero-order valence-electron chi connectivity index (χ0n) is 33.6. The number of rotatable bonds is 5. The second-order valence-corrected chi connectivity index (χ2v) is 15.1. The number of aryl methyl sites for hydroxylation is 3. The van der Waals surface area contributed by atoms with E-state index in [1.165, 1.54) is 83.7 Å². The minimum atomic E-state index is 0.379. The van der Waals surface area contributed by atoms with Crippen LogP contribution >= 0.6 is 0 Å². The average Bonchev–Trinajstić information content (AvgIpc) is 3.62. The maximum absolute atomic E-state index is 2.49. The van der Waals surface area contributed by atoms with Crippen LogP contribution in [0.2, 0.25) is 0 Å². The van der Waals surface area contributed by atoms with Crippen molar-refractivity contribution in [2.24, 2.45) is 0 Å². The molecule has 1 heteroatoms. The van der Waals surface area contributed by atoms with Crippen LogP contribution in [0.3, 0.4) is 0 Å². The van der Waals surface area contributed by atoms with Crippen molar-refractivity contribution in [3.05, 3.63) is 252 Å². The largest absolute Gasteiger partial charge is 0.333 e. The van der Waals surface area contributed by atoms with E-state index in [0.717, 1.165) is 6.42 Å². The second-order valence-electron chi connectivity index (χ2n) is 15.1. The van der Waals surface area contributed by atoms with E-state index in [9.17, 15) is 0 Å². The van der Waals surface area contributed by atoms with E-state index < -0.39 is 0 Å². The van der Waals surface area contributed by atoms with Gasteiger partial charge in [0.1, 0.15) is 0 Å². The summed E-state index contributed by atoms with van der Waals surface area (Å²) in [7, 11) is 0. The molecule has 0 saturated heterocycles. The van der Waals surface area contributed by atoms with E-state index in [4.69, 9.17) is 0 Å². The van der Waals surface area contributed by atoms with Crippen LogP contribution < -0.4 is 4.90 Å². The number of hydrogen-bond acceptors (Lipinski definition) is 1. The van der Waals surface area contributed by atoms with Gasteiger partial charge in [-0.3, -0.25) is 0 Å². The van der Waals surface area contributed by atoms with Crippen molar-refractivity contribution in [1.82, 2.24) is 0 Å². The highest BCUT2D eigenvalue weighted by atomic mass is 15.2. The summed E-state index contributed by atoms with van der Waals surface area (Å²) in [4.78, 5) is 2.49. The molecule has 0 fully saturated rings. The van der Waals surface area contributed by atoms with Crippen LogP contribution in [0.4, 0.5) is 11.4 Å². The molecule has 58 heavy (non-hydrogen) atoms. The molecule has 0 N–H and O–H groups in total. The van der Waals surface area contributed by atoms with Gasteiger partial charge in [-0.05, 0) is 102 Å². The number of hydrogen-bond donors (Lipinski definition) is 0.